The monoisotopic (exact) mass is 242 g/mol. The molecule has 3 heteroatoms. The van der Waals surface area contributed by atoms with E-state index in [0.29, 0.717) is 11.3 Å². The van der Waals surface area contributed by atoms with Gasteiger partial charge in [0.15, 0.2) is 6.10 Å². The average molecular weight is 242 g/mol. The molecule has 1 heterocycles. The minimum atomic E-state index is -0.956. The summed E-state index contributed by atoms with van der Waals surface area (Å²) in [4.78, 5) is 0. The lowest BCUT2D eigenvalue weighted by atomic mass is 9.92. The molecule has 2 aromatic rings. The molecule has 0 bridgehead atoms. The number of benzene rings is 2. The molecule has 3 rings (SSSR count). The molecule has 0 spiro atoms. The summed E-state index contributed by atoms with van der Waals surface area (Å²) in [7, 11) is 0. The number of aliphatic hydroxyl groups is 2. The smallest absolute Gasteiger partial charge is 0.152 e. The van der Waals surface area contributed by atoms with Crippen LogP contribution in [0.1, 0.15) is 23.3 Å². The molecule has 0 radical (unpaired) electrons. The molecule has 0 saturated carbocycles. The third-order valence-electron chi connectivity index (χ3n) is 3.25. The molecule has 0 aliphatic carbocycles. The first kappa shape index (κ1) is 11.3. The maximum absolute atomic E-state index is 10.2. The molecule has 0 aromatic heterocycles. The first-order chi connectivity index (χ1) is 8.77. The van der Waals surface area contributed by atoms with Gasteiger partial charge < -0.3 is 14.9 Å². The van der Waals surface area contributed by atoms with Gasteiger partial charge in [-0.15, -0.1) is 0 Å². The molecule has 0 fully saturated rings. The SMILES string of the molecule is O[C@@H]1[C@H](O)c2ccccc2O[C@H]1c1ccccc1. The summed E-state index contributed by atoms with van der Waals surface area (Å²) >= 11 is 0. The third-order valence-corrected chi connectivity index (χ3v) is 3.25. The highest BCUT2D eigenvalue weighted by atomic mass is 16.5. The standard InChI is InChI=1S/C15H14O3/c16-13-11-8-4-5-9-12(11)18-15(14(13)17)10-6-2-1-3-7-10/h1-9,13-17H/t13-,14-,15+/m1/s1. The lowest BCUT2D eigenvalue weighted by Gasteiger charge is -2.34. The highest BCUT2D eigenvalue weighted by molar-refractivity contribution is 5.39. The summed E-state index contributed by atoms with van der Waals surface area (Å²) in [5, 5.41) is 20.3. The van der Waals surface area contributed by atoms with Crippen molar-refractivity contribution in [3.63, 3.8) is 0 Å². The van der Waals surface area contributed by atoms with Crippen molar-refractivity contribution in [1.29, 1.82) is 0 Å². The summed E-state index contributed by atoms with van der Waals surface area (Å²) in [5.74, 6) is 0.629. The summed E-state index contributed by atoms with van der Waals surface area (Å²) < 4.78 is 5.79. The van der Waals surface area contributed by atoms with Gasteiger partial charge in [0, 0.05) is 5.56 Å². The molecular weight excluding hydrogens is 228 g/mol. The Balaban J connectivity index is 2.01. The molecule has 3 nitrogen and oxygen atoms in total. The van der Waals surface area contributed by atoms with Crippen molar-refractivity contribution in [3.05, 3.63) is 65.7 Å². The molecule has 3 atom stereocenters. The van der Waals surface area contributed by atoms with Crippen molar-refractivity contribution in [1.82, 2.24) is 0 Å². The molecule has 1 aliphatic rings. The normalized spacial score (nSPS) is 26.2. The second kappa shape index (κ2) is 4.44. The second-order valence-corrected chi connectivity index (χ2v) is 4.42. The minimum Gasteiger partial charge on any atom is -0.482 e. The fraction of sp³-hybridized carbons (Fsp3) is 0.200. The highest BCUT2D eigenvalue weighted by Crippen LogP contribution is 2.40. The van der Waals surface area contributed by atoms with E-state index in [-0.39, 0.29) is 0 Å². The maximum Gasteiger partial charge on any atom is 0.152 e. The molecule has 18 heavy (non-hydrogen) atoms. The second-order valence-electron chi connectivity index (χ2n) is 4.42. The van der Waals surface area contributed by atoms with E-state index < -0.39 is 18.3 Å². The fourth-order valence-electron chi connectivity index (χ4n) is 2.30. The fourth-order valence-corrected chi connectivity index (χ4v) is 2.30. The van der Waals surface area contributed by atoms with Crippen LogP contribution in [0.25, 0.3) is 0 Å². The number of aliphatic hydroxyl groups excluding tert-OH is 2. The van der Waals surface area contributed by atoms with Gasteiger partial charge in [-0.2, -0.15) is 0 Å². The van der Waals surface area contributed by atoms with Gasteiger partial charge in [-0.25, -0.2) is 0 Å². The van der Waals surface area contributed by atoms with E-state index in [1.165, 1.54) is 0 Å². The number of hydrogen-bond acceptors (Lipinski definition) is 3. The number of fused-ring (bicyclic) bond motifs is 1. The van der Waals surface area contributed by atoms with E-state index in [4.69, 9.17) is 4.74 Å². The van der Waals surface area contributed by atoms with Crippen molar-refractivity contribution in [2.24, 2.45) is 0 Å². The van der Waals surface area contributed by atoms with Crippen LogP contribution in [0, 0.1) is 0 Å². The Morgan fingerprint density at radius 1 is 0.833 bits per heavy atom. The Hall–Kier alpha value is -1.84. The number of hydrogen-bond donors (Lipinski definition) is 2. The van der Waals surface area contributed by atoms with Gasteiger partial charge in [-0.05, 0) is 11.6 Å². The van der Waals surface area contributed by atoms with Crippen LogP contribution in [-0.2, 0) is 0 Å². The van der Waals surface area contributed by atoms with Crippen molar-refractivity contribution in [2.75, 3.05) is 0 Å². The van der Waals surface area contributed by atoms with Crippen LogP contribution < -0.4 is 4.74 Å². The molecule has 2 N–H and O–H groups in total. The zero-order valence-corrected chi connectivity index (χ0v) is 9.73. The Bertz CT molecular complexity index is 538. The summed E-state index contributed by atoms with van der Waals surface area (Å²) in [6.07, 6.45) is -2.40. The van der Waals surface area contributed by atoms with Crippen LogP contribution in [0.5, 0.6) is 5.75 Å². The third kappa shape index (κ3) is 1.78. The van der Waals surface area contributed by atoms with Crippen LogP contribution in [0.3, 0.4) is 0 Å². The highest BCUT2D eigenvalue weighted by Gasteiger charge is 2.36. The number of para-hydroxylation sites is 1. The maximum atomic E-state index is 10.2. The largest absolute Gasteiger partial charge is 0.482 e. The van der Waals surface area contributed by atoms with Crippen molar-refractivity contribution >= 4 is 0 Å². The molecule has 92 valence electrons. The molecular formula is C15H14O3. The predicted molar refractivity (Wildman–Crippen MR) is 67.2 cm³/mol. The van der Waals surface area contributed by atoms with Gasteiger partial charge in [0.05, 0.1) is 0 Å². The molecule has 1 aliphatic heterocycles. The lowest BCUT2D eigenvalue weighted by Crippen LogP contribution is -2.34. The number of rotatable bonds is 1. The molecule has 2 aromatic carbocycles. The Labute approximate surface area is 105 Å². The van der Waals surface area contributed by atoms with E-state index in [9.17, 15) is 10.2 Å². The zero-order valence-electron chi connectivity index (χ0n) is 9.73. The van der Waals surface area contributed by atoms with Crippen LogP contribution in [-0.4, -0.2) is 16.3 Å². The minimum absolute atomic E-state index is 0.531. The van der Waals surface area contributed by atoms with Crippen molar-refractivity contribution in [3.8, 4) is 5.75 Å². The average Bonchev–Trinajstić information content (AvgIpc) is 2.44. The van der Waals surface area contributed by atoms with E-state index in [2.05, 4.69) is 0 Å². The first-order valence-corrected chi connectivity index (χ1v) is 5.94. The molecule has 0 unspecified atom stereocenters. The van der Waals surface area contributed by atoms with E-state index in [0.717, 1.165) is 5.56 Å². The summed E-state index contributed by atoms with van der Waals surface area (Å²) in [6, 6.07) is 16.7. The quantitative estimate of drug-likeness (QED) is 0.806. The summed E-state index contributed by atoms with van der Waals surface area (Å²) in [5.41, 5.74) is 1.50. The Kier molecular flexibility index (Phi) is 2.78. The van der Waals surface area contributed by atoms with Crippen LogP contribution >= 0.6 is 0 Å². The van der Waals surface area contributed by atoms with E-state index in [1.807, 2.05) is 42.5 Å². The lowest BCUT2D eigenvalue weighted by molar-refractivity contribution is -0.0699. The van der Waals surface area contributed by atoms with Gasteiger partial charge in [0.25, 0.3) is 0 Å². The van der Waals surface area contributed by atoms with Crippen LogP contribution in [0.15, 0.2) is 54.6 Å². The first-order valence-electron chi connectivity index (χ1n) is 5.94. The molecule has 0 saturated heterocycles. The van der Waals surface area contributed by atoms with E-state index >= 15 is 0 Å². The van der Waals surface area contributed by atoms with Crippen LogP contribution in [0.4, 0.5) is 0 Å². The topological polar surface area (TPSA) is 49.7 Å². The van der Waals surface area contributed by atoms with Gasteiger partial charge in [-0.3, -0.25) is 0 Å². The van der Waals surface area contributed by atoms with Gasteiger partial charge in [0.2, 0.25) is 0 Å². The predicted octanol–water partition coefficient (Wildman–Crippen LogP) is 2.21. The van der Waals surface area contributed by atoms with E-state index in [1.54, 1.807) is 12.1 Å². The molecule has 0 amide bonds. The number of ether oxygens (including phenoxy) is 1. The zero-order chi connectivity index (χ0) is 12.5. The Morgan fingerprint density at radius 3 is 2.28 bits per heavy atom. The summed E-state index contributed by atoms with van der Waals surface area (Å²) in [6.45, 7) is 0. The van der Waals surface area contributed by atoms with Crippen molar-refractivity contribution in [2.45, 2.75) is 18.3 Å². The van der Waals surface area contributed by atoms with Crippen molar-refractivity contribution < 1.29 is 14.9 Å². The van der Waals surface area contributed by atoms with Gasteiger partial charge >= 0.3 is 0 Å². The van der Waals surface area contributed by atoms with Crippen LogP contribution in [0.2, 0.25) is 0 Å². The van der Waals surface area contributed by atoms with Gasteiger partial charge in [0.1, 0.15) is 18.0 Å². The van der Waals surface area contributed by atoms with Gasteiger partial charge in [-0.1, -0.05) is 48.5 Å². The Morgan fingerprint density at radius 2 is 1.50 bits per heavy atom.